The van der Waals surface area contributed by atoms with E-state index in [9.17, 15) is 9.59 Å². The predicted octanol–water partition coefficient (Wildman–Crippen LogP) is 2.76. The molecule has 0 radical (unpaired) electrons. The van der Waals surface area contributed by atoms with Crippen molar-refractivity contribution in [2.24, 2.45) is 0 Å². The van der Waals surface area contributed by atoms with Crippen molar-refractivity contribution < 1.29 is 14.3 Å². The standard InChI is InChI=1S/C22H20N6O4/c1-31-17-16(22(30)32-2)26-19(27-21(17)29)20-25-14-8-7-12(18-23-9-4-10-24-18)11-15(14)28(20)13-5-3-6-13/h4,7-11,13H,3,5-6H2,1-2H3,(H,26,27,29). The second-order valence-corrected chi connectivity index (χ2v) is 7.45. The van der Waals surface area contributed by atoms with Crippen LogP contribution in [0.15, 0.2) is 41.5 Å². The second kappa shape index (κ2) is 7.88. The Bertz CT molecular complexity index is 1370. The molecule has 0 unspecified atom stereocenters. The number of aromatic amines is 1. The molecule has 162 valence electrons. The fraction of sp³-hybridized carbons (Fsp3) is 0.273. The van der Waals surface area contributed by atoms with Gasteiger partial charge < -0.3 is 19.0 Å². The van der Waals surface area contributed by atoms with Crippen LogP contribution in [0.25, 0.3) is 34.1 Å². The third-order valence-electron chi connectivity index (χ3n) is 5.62. The van der Waals surface area contributed by atoms with Crippen molar-refractivity contribution in [1.29, 1.82) is 0 Å². The summed E-state index contributed by atoms with van der Waals surface area (Å²) in [5.41, 5.74) is 1.71. The van der Waals surface area contributed by atoms with Gasteiger partial charge in [0.25, 0.3) is 5.56 Å². The quantitative estimate of drug-likeness (QED) is 0.477. The maximum Gasteiger partial charge on any atom is 0.360 e. The van der Waals surface area contributed by atoms with Crippen molar-refractivity contribution >= 4 is 17.0 Å². The molecule has 3 heterocycles. The van der Waals surface area contributed by atoms with Gasteiger partial charge in [-0.2, -0.15) is 0 Å². The van der Waals surface area contributed by atoms with Gasteiger partial charge in [-0.25, -0.2) is 24.7 Å². The molecule has 0 saturated heterocycles. The number of hydrogen-bond donors (Lipinski definition) is 1. The maximum absolute atomic E-state index is 12.6. The van der Waals surface area contributed by atoms with Crippen LogP contribution in [0, 0.1) is 0 Å². The minimum Gasteiger partial charge on any atom is -0.489 e. The molecule has 0 spiro atoms. The van der Waals surface area contributed by atoms with Gasteiger partial charge in [-0.1, -0.05) is 0 Å². The lowest BCUT2D eigenvalue weighted by molar-refractivity contribution is 0.0589. The number of ether oxygens (including phenoxy) is 2. The molecule has 1 aliphatic rings. The lowest BCUT2D eigenvalue weighted by atomic mass is 9.92. The van der Waals surface area contributed by atoms with Crippen LogP contribution in [0.1, 0.15) is 35.8 Å². The Kier molecular flexibility index (Phi) is 4.89. The van der Waals surface area contributed by atoms with Crippen LogP contribution >= 0.6 is 0 Å². The van der Waals surface area contributed by atoms with Crippen LogP contribution in [0.2, 0.25) is 0 Å². The highest BCUT2D eigenvalue weighted by Gasteiger charge is 2.28. The van der Waals surface area contributed by atoms with Crippen molar-refractivity contribution in [2.75, 3.05) is 14.2 Å². The number of fused-ring (bicyclic) bond motifs is 1. The molecule has 1 saturated carbocycles. The summed E-state index contributed by atoms with van der Waals surface area (Å²) in [6, 6.07) is 7.76. The molecule has 0 amide bonds. The van der Waals surface area contributed by atoms with Gasteiger partial charge >= 0.3 is 5.97 Å². The van der Waals surface area contributed by atoms with E-state index in [0.29, 0.717) is 11.6 Å². The Balaban J connectivity index is 1.73. The van der Waals surface area contributed by atoms with E-state index in [0.717, 1.165) is 35.9 Å². The van der Waals surface area contributed by atoms with Crippen molar-refractivity contribution in [3.8, 4) is 28.8 Å². The highest BCUT2D eigenvalue weighted by molar-refractivity contribution is 5.91. The molecule has 1 aliphatic carbocycles. The molecule has 4 aromatic rings. The first-order chi connectivity index (χ1) is 15.6. The van der Waals surface area contributed by atoms with Gasteiger partial charge in [0.1, 0.15) is 0 Å². The number of benzene rings is 1. The number of methoxy groups -OCH3 is 2. The van der Waals surface area contributed by atoms with Gasteiger partial charge in [0, 0.05) is 24.0 Å². The number of H-pyrrole nitrogens is 1. The molecule has 1 aromatic carbocycles. The first-order valence-corrected chi connectivity index (χ1v) is 10.2. The molecule has 1 N–H and O–H groups in total. The Morgan fingerprint density at radius 2 is 1.94 bits per heavy atom. The Morgan fingerprint density at radius 1 is 1.16 bits per heavy atom. The van der Waals surface area contributed by atoms with Gasteiger partial charge in [-0.15, -0.1) is 0 Å². The molecule has 1 fully saturated rings. The average molecular weight is 432 g/mol. The minimum atomic E-state index is -0.760. The lowest BCUT2D eigenvalue weighted by Crippen LogP contribution is -2.22. The fourth-order valence-corrected chi connectivity index (χ4v) is 3.85. The number of hydrogen-bond acceptors (Lipinski definition) is 8. The highest BCUT2D eigenvalue weighted by Crippen LogP contribution is 2.38. The van der Waals surface area contributed by atoms with Crippen LogP contribution in [0.5, 0.6) is 5.75 Å². The summed E-state index contributed by atoms with van der Waals surface area (Å²) in [6.07, 6.45) is 6.46. The molecular weight excluding hydrogens is 412 g/mol. The van der Waals surface area contributed by atoms with E-state index in [4.69, 9.17) is 14.5 Å². The number of aromatic nitrogens is 6. The summed E-state index contributed by atoms with van der Waals surface area (Å²) in [7, 11) is 2.52. The predicted molar refractivity (Wildman–Crippen MR) is 115 cm³/mol. The Labute approximate surface area is 182 Å². The van der Waals surface area contributed by atoms with Gasteiger partial charge in [0.2, 0.25) is 5.75 Å². The number of esters is 1. The first-order valence-electron chi connectivity index (χ1n) is 10.2. The number of nitrogens with zero attached hydrogens (tertiary/aromatic N) is 5. The topological polar surface area (TPSA) is 125 Å². The molecule has 10 nitrogen and oxygen atoms in total. The van der Waals surface area contributed by atoms with Crippen molar-refractivity contribution in [1.82, 2.24) is 29.5 Å². The van der Waals surface area contributed by atoms with E-state index in [1.807, 2.05) is 18.2 Å². The number of carbonyl (C=O) groups is 1. The molecule has 0 aliphatic heterocycles. The van der Waals surface area contributed by atoms with Crippen LogP contribution in [-0.4, -0.2) is 49.7 Å². The van der Waals surface area contributed by atoms with E-state index in [1.165, 1.54) is 14.2 Å². The second-order valence-electron chi connectivity index (χ2n) is 7.45. The minimum absolute atomic E-state index is 0.178. The molecule has 10 heteroatoms. The summed E-state index contributed by atoms with van der Waals surface area (Å²) < 4.78 is 11.9. The van der Waals surface area contributed by atoms with E-state index < -0.39 is 11.5 Å². The fourth-order valence-electron chi connectivity index (χ4n) is 3.85. The van der Waals surface area contributed by atoms with Crippen LogP contribution in [-0.2, 0) is 4.74 Å². The summed E-state index contributed by atoms with van der Waals surface area (Å²) in [5.74, 6) is 0.304. The smallest absolute Gasteiger partial charge is 0.360 e. The number of nitrogens with one attached hydrogen (secondary N) is 1. The average Bonchev–Trinajstić information content (AvgIpc) is 3.16. The van der Waals surface area contributed by atoms with E-state index in [1.54, 1.807) is 18.5 Å². The van der Waals surface area contributed by atoms with Gasteiger partial charge in [-0.3, -0.25) is 4.79 Å². The van der Waals surface area contributed by atoms with E-state index >= 15 is 0 Å². The number of imidazole rings is 1. The SMILES string of the molecule is COC(=O)c1nc(-c2nc3ccc(-c4ncccn4)cc3n2C2CCC2)[nH]c(=O)c1OC. The van der Waals surface area contributed by atoms with E-state index in [-0.39, 0.29) is 23.3 Å². The zero-order chi connectivity index (χ0) is 22.2. The molecule has 0 bridgehead atoms. The van der Waals surface area contributed by atoms with Crippen molar-refractivity contribution in [3.05, 3.63) is 52.7 Å². The van der Waals surface area contributed by atoms with Gasteiger partial charge in [0.15, 0.2) is 23.2 Å². The Hall–Kier alpha value is -4.08. The van der Waals surface area contributed by atoms with Crippen molar-refractivity contribution in [3.63, 3.8) is 0 Å². The molecular formula is C22H20N6O4. The summed E-state index contributed by atoms with van der Waals surface area (Å²) in [5, 5.41) is 0. The monoisotopic (exact) mass is 432 g/mol. The summed E-state index contributed by atoms with van der Waals surface area (Å²) in [4.78, 5) is 45.3. The highest BCUT2D eigenvalue weighted by atomic mass is 16.5. The number of rotatable bonds is 5. The van der Waals surface area contributed by atoms with Crippen LogP contribution in [0.4, 0.5) is 0 Å². The lowest BCUT2D eigenvalue weighted by Gasteiger charge is -2.29. The van der Waals surface area contributed by atoms with Crippen molar-refractivity contribution in [2.45, 2.75) is 25.3 Å². The van der Waals surface area contributed by atoms with Crippen LogP contribution in [0.3, 0.4) is 0 Å². The molecule has 32 heavy (non-hydrogen) atoms. The third-order valence-corrected chi connectivity index (χ3v) is 5.62. The third kappa shape index (κ3) is 3.20. The molecule has 0 atom stereocenters. The zero-order valence-electron chi connectivity index (χ0n) is 17.5. The normalized spacial score (nSPS) is 13.7. The zero-order valence-corrected chi connectivity index (χ0v) is 17.5. The summed E-state index contributed by atoms with van der Waals surface area (Å²) in [6.45, 7) is 0. The van der Waals surface area contributed by atoms with E-state index in [2.05, 4.69) is 24.5 Å². The maximum atomic E-state index is 12.6. The summed E-state index contributed by atoms with van der Waals surface area (Å²) >= 11 is 0. The first kappa shape index (κ1) is 19.9. The van der Waals surface area contributed by atoms with Crippen LogP contribution < -0.4 is 10.3 Å². The molecule has 3 aromatic heterocycles. The largest absolute Gasteiger partial charge is 0.489 e. The van der Waals surface area contributed by atoms with Gasteiger partial charge in [-0.05, 0) is 43.5 Å². The Morgan fingerprint density at radius 3 is 2.59 bits per heavy atom. The molecule has 5 rings (SSSR count). The van der Waals surface area contributed by atoms with Gasteiger partial charge in [0.05, 0.1) is 25.3 Å². The number of carbonyl (C=O) groups excluding carboxylic acids is 1.